The number of carbonyl (C=O) groups excluding carboxylic acids is 2. The standard InChI is InChI=1S/C12H22O2.C12H18O.C10H18O.2C6H14O2.2C4H10/c1-10(2)6-5-7-11(3)8-9-14-12(4)13;1-3-4-10-13-11(2)12-8-6-5-7-9-12;1-9(2)5-4-6-10(3)7-8-11;2*1-4-7-6(3)8-5-2;2*1-3-4-2/h6,11H,5,7-9H2,1-4H3;5-9,11H,3-4,10H2,1-2H3;5,8,10H,4,6-7H2,1-3H3;2*6H,4-5H2,1-3H3;2*3-4H2,1-2H3. The van der Waals surface area contributed by atoms with Crippen molar-refractivity contribution >= 4 is 12.3 Å². The van der Waals surface area contributed by atoms with E-state index in [-0.39, 0.29) is 24.7 Å². The average Bonchev–Trinajstić information content (AvgIpc) is 3.22. The number of benzene rings is 1. The summed E-state index contributed by atoms with van der Waals surface area (Å²) in [4.78, 5) is 20.6. The van der Waals surface area contributed by atoms with E-state index in [4.69, 9.17) is 28.4 Å². The maximum Gasteiger partial charge on any atom is 0.302 e. The van der Waals surface area contributed by atoms with Crippen molar-refractivity contribution in [3.05, 3.63) is 59.2 Å². The summed E-state index contributed by atoms with van der Waals surface area (Å²) >= 11 is 0. The van der Waals surface area contributed by atoms with Crippen LogP contribution in [0.25, 0.3) is 0 Å². The van der Waals surface area contributed by atoms with E-state index in [2.05, 4.69) is 120 Å². The lowest BCUT2D eigenvalue weighted by molar-refractivity contribution is -0.141. The molecule has 0 aromatic heterocycles. The minimum atomic E-state index is -0.179. The largest absolute Gasteiger partial charge is 0.466 e. The van der Waals surface area contributed by atoms with Crippen molar-refractivity contribution in [2.45, 2.75) is 227 Å². The lowest BCUT2D eigenvalue weighted by Crippen LogP contribution is -2.11. The first-order valence-corrected chi connectivity index (χ1v) is 24.4. The molecule has 1 aromatic rings. The molecule has 0 saturated heterocycles. The number of rotatable bonds is 26. The number of allylic oxidation sites excluding steroid dienone is 4. The van der Waals surface area contributed by atoms with Gasteiger partial charge in [-0.3, -0.25) is 4.79 Å². The molecule has 1 rings (SSSR count). The number of hydrogen-bond acceptors (Lipinski definition) is 8. The molecule has 0 amide bonds. The molecular formula is C54H106O8. The highest BCUT2D eigenvalue weighted by molar-refractivity contribution is 5.65. The molecule has 0 fully saturated rings. The van der Waals surface area contributed by atoms with E-state index < -0.39 is 0 Å². The highest BCUT2D eigenvalue weighted by atomic mass is 16.7. The summed E-state index contributed by atoms with van der Waals surface area (Å²) in [6.07, 6.45) is 19.5. The van der Waals surface area contributed by atoms with E-state index in [1.165, 1.54) is 62.2 Å². The topological polar surface area (TPSA) is 89.5 Å². The van der Waals surface area contributed by atoms with Crippen LogP contribution in [-0.2, 0) is 38.0 Å². The molecule has 62 heavy (non-hydrogen) atoms. The molecule has 0 spiro atoms. The smallest absolute Gasteiger partial charge is 0.302 e. The molecule has 1 aromatic carbocycles. The molecular weight excluding hydrogens is 777 g/mol. The molecule has 0 aliphatic heterocycles. The zero-order chi connectivity index (χ0) is 48.8. The fourth-order valence-electron chi connectivity index (χ4n) is 4.40. The van der Waals surface area contributed by atoms with Gasteiger partial charge in [-0.1, -0.05) is 134 Å². The third kappa shape index (κ3) is 75.0. The summed E-state index contributed by atoms with van der Waals surface area (Å²) in [5, 5.41) is 0. The second kappa shape index (κ2) is 60.7. The number of hydrogen-bond donors (Lipinski definition) is 0. The summed E-state index contributed by atoms with van der Waals surface area (Å²) in [6, 6.07) is 10.3. The van der Waals surface area contributed by atoms with Gasteiger partial charge in [0.2, 0.25) is 0 Å². The Bertz CT molecular complexity index is 1000. The highest BCUT2D eigenvalue weighted by Gasteiger charge is 2.04. The molecule has 3 unspecified atom stereocenters. The maximum atomic E-state index is 10.5. The van der Waals surface area contributed by atoms with E-state index in [0.29, 0.717) is 24.9 Å². The van der Waals surface area contributed by atoms with E-state index in [9.17, 15) is 9.59 Å². The van der Waals surface area contributed by atoms with Gasteiger partial charge in [0.15, 0.2) is 12.6 Å². The minimum Gasteiger partial charge on any atom is -0.466 e. The lowest BCUT2D eigenvalue weighted by atomic mass is 10.0. The van der Waals surface area contributed by atoms with Crippen LogP contribution in [0.1, 0.15) is 220 Å². The zero-order valence-corrected chi connectivity index (χ0v) is 44.5. The van der Waals surface area contributed by atoms with Crippen LogP contribution in [0.3, 0.4) is 0 Å². The monoisotopic (exact) mass is 883 g/mol. The number of ether oxygens (including phenoxy) is 6. The van der Waals surface area contributed by atoms with Gasteiger partial charge in [-0.15, -0.1) is 0 Å². The second-order valence-electron chi connectivity index (χ2n) is 15.7. The van der Waals surface area contributed by atoms with Gasteiger partial charge in [0.25, 0.3) is 0 Å². The van der Waals surface area contributed by atoms with E-state index in [1.807, 2.05) is 47.6 Å². The highest BCUT2D eigenvalue weighted by Crippen LogP contribution is 2.16. The number of carbonyl (C=O) groups is 2. The molecule has 8 heteroatoms. The lowest BCUT2D eigenvalue weighted by Gasteiger charge is -2.12. The van der Waals surface area contributed by atoms with Gasteiger partial charge in [-0.05, 0) is 132 Å². The van der Waals surface area contributed by atoms with Crippen molar-refractivity contribution in [2.75, 3.05) is 39.6 Å². The Balaban J connectivity index is -0.000000153. The fourth-order valence-corrected chi connectivity index (χ4v) is 4.40. The van der Waals surface area contributed by atoms with Crippen LogP contribution in [-0.4, -0.2) is 64.5 Å². The third-order valence-electron chi connectivity index (χ3n) is 8.58. The molecule has 370 valence electrons. The van der Waals surface area contributed by atoms with Crippen molar-refractivity contribution in [3.63, 3.8) is 0 Å². The molecule has 0 radical (unpaired) electrons. The minimum absolute atomic E-state index is 0.0370. The molecule has 0 heterocycles. The molecule has 0 aliphatic carbocycles. The fraction of sp³-hybridized carbons (Fsp3) is 0.778. The normalized spacial score (nSPS) is 11.2. The molecule has 0 aliphatic rings. The first kappa shape index (κ1) is 71.3. The third-order valence-corrected chi connectivity index (χ3v) is 8.58. The number of unbranched alkanes of at least 4 members (excludes halogenated alkanes) is 3. The Morgan fingerprint density at radius 2 is 0.935 bits per heavy atom. The molecule has 0 bridgehead atoms. The molecule has 0 N–H and O–H groups in total. The summed E-state index contributed by atoms with van der Waals surface area (Å²) in [7, 11) is 0. The van der Waals surface area contributed by atoms with Crippen LogP contribution >= 0.6 is 0 Å². The van der Waals surface area contributed by atoms with Crippen LogP contribution < -0.4 is 0 Å². The first-order valence-electron chi connectivity index (χ1n) is 24.4. The Hall–Kier alpha value is -2.36. The van der Waals surface area contributed by atoms with Crippen molar-refractivity contribution in [3.8, 4) is 0 Å². The van der Waals surface area contributed by atoms with Gasteiger partial charge in [-0.25, -0.2) is 0 Å². The summed E-state index contributed by atoms with van der Waals surface area (Å²) in [5.74, 6) is 0.995. The van der Waals surface area contributed by atoms with Gasteiger partial charge in [0.05, 0.1) is 12.7 Å². The quantitative estimate of drug-likeness (QED) is 0.0299. The van der Waals surface area contributed by atoms with E-state index in [1.54, 1.807) is 0 Å². The van der Waals surface area contributed by atoms with Gasteiger partial charge < -0.3 is 33.2 Å². The number of esters is 1. The van der Waals surface area contributed by atoms with Gasteiger partial charge in [0.1, 0.15) is 6.29 Å². The predicted molar refractivity (Wildman–Crippen MR) is 270 cm³/mol. The summed E-state index contributed by atoms with van der Waals surface area (Å²) in [6.45, 7) is 43.1. The Morgan fingerprint density at radius 3 is 1.26 bits per heavy atom. The van der Waals surface area contributed by atoms with Crippen LogP contribution in [0.2, 0.25) is 0 Å². The van der Waals surface area contributed by atoms with Crippen LogP contribution in [0.4, 0.5) is 0 Å². The van der Waals surface area contributed by atoms with Gasteiger partial charge >= 0.3 is 5.97 Å². The molecule has 3 atom stereocenters. The first-order chi connectivity index (χ1) is 29.5. The van der Waals surface area contributed by atoms with Crippen molar-refractivity contribution in [2.24, 2.45) is 11.8 Å². The Labute approximate surface area is 387 Å². The van der Waals surface area contributed by atoms with E-state index >= 15 is 0 Å². The summed E-state index contributed by atoms with van der Waals surface area (Å²) < 4.78 is 30.8. The average molecular weight is 883 g/mol. The van der Waals surface area contributed by atoms with Crippen molar-refractivity contribution < 1.29 is 38.0 Å². The predicted octanol–water partition coefficient (Wildman–Crippen LogP) is 16.3. The van der Waals surface area contributed by atoms with Crippen molar-refractivity contribution in [1.29, 1.82) is 0 Å². The second-order valence-corrected chi connectivity index (χ2v) is 15.7. The van der Waals surface area contributed by atoms with Crippen LogP contribution in [0, 0.1) is 11.8 Å². The van der Waals surface area contributed by atoms with Gasteiger partial charge in [0, 0.05) is 46.4 Å². The van der Waals surface area contributed by atoms with E-state index in [0.717, 1.165) is 71.4 Å². The SMILES string of the molecule is CC(=O)OCCC(C)CCC=C(C)C.CC(C)=CCCC(C)CC=O.CCCC.CCCC.CCCCOC(C)c1ccccc1.CCOC(C)OCC.CCOC(C)OCC. The zero-order valence-electron chi connectivity index (χ0n) is 44.5. The Morgan fingerprint density at radius 1 is 0.532 bits per heavy atom. The Kier molecular flexibility index (Phi) is 69.8. The van der Waals surface area contributed by atoms with Crippen LogP contribution in [0.5, 0.6) is 0 Å². The van der Waals surface area contributed by atoms with Crippen molar-refractivity contribution in [1.82, 2.24) is 0 Å². The summed E-state index contributed by atoms with van der Waals surface area (Å²) in [5.41, 5.74) is 4.00. The molecule has 0 saturated carbocycles. The maximum absolute atomic E-state index is 10.5. The molecule has 8 nitrogen and oxygen atoms in total. The number of aldehydes is 1. The van der Waals surface area contributed by atoms with Crippen LogP contribution in [0.15, 0.2) is 53.6 Å². The van der Waals surface area contributed by atoms with Gasteiger partial charge in [-0.2, -0.15) is 0 Å².